The average molecular weight is 776 g/mol. The smallest absolute Gasteiger partial charge is 0.311 e. The molecule has 0 bridgehead atoms. The van der Waals surface area contributed by atoms with Crippen LogP contribution in [0.25, 0.3) is 11.1 Å². The molecule has 0 fully saturated rings. The number of nitriles is 1. The van der Waals surface area contributed by atoms with E-state index in [1.807, 2.05) is 107 Å². The Balaban J connectivity index is 1.13. The number of esters is 2. The first kappa shape index (κ1) is 43.6. The molecule has 57 heavy (non-hydrogen) atoms. The summed E-state index contributed by atoms with van der Waals surface area (Å²) in [5, 5.41) is 28.2. The predicted molar refractivity (Wildman–Crippen MR) is 221 cm³/mol. The maximum Gasteiger partial charge on any atom is 0.311 e. The average Bonchev–Trinajstić information content (AvgIpc) is 3.22. The van der Waals surface area contributed by atoms with Crippen LogP contribution < -0.4 is 9.64 Å². The van der Waals surface area contributed by atoms with Gasteiger partial charge in [0.1, 0.15) is 12.4 Å². The molecule has 0 saturated carbocycles. The first-order chi connectivity index (χ1) is 27.4. The normalized spacial score (nSPS) is 12.4. The maximum absolute atomic E-state index is 13.3. The molecule has 0 aliphatic heterocycles. The Morgan fingerprint density at radius 2 is 1.28 bits per heavy atom. The van der Waals surface area contributed by atoms with Gasteiger partial charge in [-0.2, -0.15) is 15.5 Å². The van der Waals surface area contributed by atoms with E-state index in [0.29, 0.717) is 56.1 Å². The van der Waals surface area contributed by atoms with Gasteiger partial charge in [0.25, 0.3) is 5.69 Å². The second kappa shape index (κ2) is 21.3. The lowest BCUT2D eigenvalue weighted by atomic mass is 9.72. The summed E-state index contributed by atoms with van der Waals surface area (Å²) in [6.07, 6.45) is 4.32. The van der Waals surface area contributed by atoms with Crippen LogP contribution in [0.15, 0.2) is 107 Å². The van der Waals surface area contributed by atoms with Gasteiger partial charge in [-0.25, -0.2) is 0 Å². The van der Waals surface area contributed by atoms with Gasteiger partial charge in [-0.3, -0.25) is 19.7 Å². The van der Waals surface area contributed by atoms with E-state index in [1.54, 1.807) is 0 Å². The Kier molecular flexibility index (Phi) is 16.3. The fraction of sp³-hybridized carbons (Fsp3) is 0.400. The number of carbonyl (C=O) groups is 2. The summed E-state index contributed by atoms with van der Waals surface area (Å²) >= 11 is 0. The van der Waals surface area contributed by atoms with Gasteiger partial charge in [-0.05, 0) is 138 Å². The van der Waals surface area contributed by atoms with Crippen molar-refractivity contribution in [2.45, 2.75) is 73.1 Å². The maximum atomic E-state index is 13.3. The van der Waals surface area contributed by atoms with Gasteiger partial charge in [0.05, 0.1) is 58.5 Å². The number of hydrogen-bond acceptors (Lipinski definition) is 11. The second-order valence-corrected chi connectivity index (χ2v) is 14.8. The Morgan fingerprint density at radius 1 is 0.737 bits per heavy atom. The van der Waals surface area contributed by atoms with Crippen molar-refractivity contribution in [3.8, 4) is 22.9 Å². The molecular weight excluding hydrogens is 723 g/mol. The first-order valence-corrected chi connectivity index (χ1v) is 19.5. The van der Waals surface area contributed by atoms with Crippen LogP contribution in [0.5, 0.6) is 5.75 Å². The molecule has 0 N–H and O–H groups in total. The van der Waals surface area contributed by atoms with Crippen LogP contribution >= 0.6 is 0 Å². The zero-order valence-corrected chi connectivity index (χ0v) is 33.6. The standard InChI is InChI=1S/C45H53N5O7/c1-6-45(5,43(52)56-30-11-9-8-10-29-55-41-26-16-36(17-27-41)35-14-12-34(32-46)13-15-35)33-44(3,4)42(51)57-31-28-49(7-2)39-22-18-37(19-23-39)47-48-38-20-24-40(25-21-38)50(53)54/h12-27H,6-11,28-31,33H2,1-5H3/b48-47+. The van der Waals surface area contributed by atoms with Gasteiger partial charge in [0.2, 0.25) is 0 Å². The molecule has 0 heterocycles. The first-order valence-electron chi connectivity index (χ1n) is 19.5. The zero-order valence-electron chi connectivity index (χ0n) is 33.6. The molecule has 4 aromatic carbocycles. The summed E-state index contributed by atoms with van der Waals surface area (Å²) < 4.78 is 17.4. The quantitative estimate of drug-likeness (QED) is 0.0249. The lowest BCUT2D eigenvalue weighted by molar-refractivity contribution is -0.384. The van der Waals surface area contributed by atoms with Gasteiger partial charge in [-0.15, -0.1) is 0 Å². The number of hydrogen-bond donors (Lipinski definition) is 0. The number of azo groups is 1. The van der Waals surface area contributed by atoms with Crippen molar-refractivity contribution in [1.29, 1.82) is 5.26 Å². The van der Waals surface area contributed by atoms with Gasteiger partial charge >= 0.3 is 11.9 Å². The van der Waals surface area contributed by atoms with Crippen LogP contribution in [0.3, 0.4) is 0 Å². The molecule has 1 atom stereocenters. The minimum atomic E-state index is -0.902. The summed E-state index contributed by atoms with van der Waals surface area (Å²) in [5.41, 5.74) is 3.06. The summed E-state index contributed by atoms with van der Waals surface area (Å²) in [5.74, 6) is 0.145. The van der Waals surface area contributed by atoms with Crippen molar-refractivity contribution >= 4 is 34.7 Å². The molecule has 0 aromatic heterocycles. The van der Waals surface area contributed by atoms with Gasteiger partial charge < -0.3 is 19.1 Å². The number of benzene rings is 4. The molecule has 12 heteroatoms. The summed E-state index contributed by atoms with van der Waals surface area (Å²) in [6, 6.07) is 30.9. The van der Waals surface area contributed by atoms with Crippen LogP contribution in [-0.4, -0.2) is 49.8 Å². The van der Waals surface area contributed by atoms with Crippen molar-refractivity contribution in [1.82, 2.24) is 0 Å². The number of nitrogens with zero attached hydrogens (tertiary/aromatic N) is 5. The number of nitro groups is 1. The third-order valence-corrected chi connectivity index (χ3v) is 9.93. The van der Waals surface area contributed by atoms with Crippen LogP contribution in [0.4, 0.5) is 22.7 Å². The molecule has 0 radical (unpaired) electrons. The number of carbonyl (C=O) groups excluding carboxylic acids is 2. The van der Waals surface area contributed by atoms with Crippen molar-refractivity contribution in [3.63, 3.8) is 0 Å². The molecule has 0 spiro atoms. The van der Waals surface area contributed by atoms with Crippen molar-refractivity contribution in [3.05, 3.63) is 113 Å². The van der Waals surface area contributed by atoms with E-state index in [4.69, 9.17) is 19.5 Å². The second-order valence-electron chi connectivity index (χ2n) is 14.8. The Morgan fingerprint density at radius 3 is 1.82 bits per heavy atom. The van der Waals surface area contributed by atoms with E-state index in [2.05, 4.69) is 21.2 Å². The van der Waals surface area contributed by atoms with E-state index < -0.39 is 15.8 Å². The summed E-state index contributed by atoms with van der Waals surface area (Å²) in [6.45, 7) is 11.7. The zero-order chi connectivity index (χ0) is 41.3. The van der Waals surface area contributed by atoms with Gasteiger partial charge in [0.15, 0.2) is 0 Å². The minimum absolute atomic E-state index is 0.00846. The van der Waals surface area contributed by atoms with Crippen molar-refractivity contribution in [2.24, 2.45) is 21.1 Å². The minimum Gasteiger partial charge on any atom is -0.494 e. The van der Waals surface area contributed by atoms with Crippen molar-refractivity contribution < 1.29 is 28.7 Å². The topological polar surface area (TPSA) is 157 Å². The molecule has 0 aliphatic rings. The number of anilines is 1. The van der Waals surface area contributed by atoms with Crippen LogP contribution in [0.2, 0.25) is 0 Å². The lowest BCUT2D eigenvalue weighted by Gasteiger charge is -2.34. The SMILES string of the molecule is CCN(CCOC(=O)C(C)(C)CC(C)(CC)C(=O)OCCCCCCOc1ccc(-c2ccc(C#N)cc2)cc1)c1ccc(/N=N/c2ccc([N+](=O)[O-])cc2)cc1. The highest BCUT2D eigenvalue weighted by Crippen LogP contribution is 2.38. The molecular formula is C45H53N5O7. The highest BCUT2D eigenvalue weighted by Gasteiger charge is 2.43. The van der Waals surface area contributed by atoms with Gasteiger partial charge in [0, 0.05) is 24.4 Å². The van der Waals surface area contributed by atoms with E-state index in [0.717, 1.165) is 48.2 Å². The lowest BCUT2D eigenvalue weighted by Crippen LogP contribution is -2.39. The fourth-order valence-electron chi connectivity index (χ4n) is 6.36. The Labute approximate surface area is 335 Å². The third kappa shape index (κ3) is 13.3. The van der Waals surface area contributed by atoms with E-state index in [9.17, 15) is 19.7 Å². The highest BCUT2D eigenvalue weighted by molar-refractivity contribution is 5.80. The van der Waals surface area contributed by atoms with E-state index >= 15 is 0 Å². The number of unbranched alkanes of at least 4 members (excludes halogenated alkanes) is 3. The number of non-ortho nitro benzene ring substituents is 1. The molecule has 0 saturated heterocycles. The predicted octanol–water partition coefficient (Wildman–Crippen LogP) is 10.9. The molecule has 0 amide bonds. The Bertz CT molecular complexity index is 1970. The number of likely N-dealkylation sites (N-methyl/N-ethyl adjacent to an activating group) is 1. The van der Waals surface area contributed by atoms with Crippen molar-refractivity contribution in [2.75, 3.05) is 37.8 Å². The number of nitro benzene ring substituents is 1. The monoisotopic (exact) mass is 775 g/mol. The summed E-state index contributed by atoms with van der Waals surface area (Å²) in [4.78, 5) is 39.0. The fourth-order valence-corrected chi connectivity index (χ4v) is 6.36. The summed E-state index contributed by atoms with van der Waals surface area (Å²) in [7, 11) is 0. The Hall–Kier alpha value is -6.09. The van der Waals surface area contributed by atoms with Crippen LogP contribution in [0.1, 0.15) is 78.7 Å². The molecule has 4 rings (SSSR count). The van der Waals surface area contributed by atoms with Crippen LogP contribution in [0, 0.1) is 32.3 Å². The largest absolute Gasteiger partial charge is 0.494 e. The number of rotatable bonds is 22. The highest BCUT2D eigenvalue weighted by atomic mass is 16.6. The molecule has 4 aromatic rings. The molecule has 1 unspecified atom stereocenters. The van der Waals surface area contributed by atoms with E-state index in [1.165, 1.54) is 24.3 Å². The molecule has 300 valence electrons. The molecule has 12 nitrogen and oxygen atoms in total. The number of ether oxygens (including phenoxy) is 3. The molecule has 0 aliphatic carbocycles. The van der Waals surface area contributed by atoms with Gasteiger partial charge in [-0.1, -0.05) is 31.2 Å². The third-order valence-electron chi connectivity index (χ3n) is 9.93. The van der Waals surface area contributed by atoms with E-state index in [-0.39, 0.29) is 24.2 Å². The van der Waals surface area contributed by atoms with Crippen LogP contribution in [-0.2, 0) is 19.1 Å².